The highest BCUT2D eigenvalue weighted by atomic mass is 16.5. The van der Waals surface area contributed by atoms with Gasteiger partial charge in [0.15, 0.2) is 0 Å². The topological polar surface area (TPSA) is 93.8 Å². The van der Waals surface area contributed by atoms with Gasteiger partial charge in [-0.25, -0.2) is 0 Å². The summed E-state index contributed by atoms with van der Waals surface area (Å²) in [4.78, 5) is 26.0. The number of benzene rings is 1. The predicted molar refractivity (Wildman–Crippen MR) is 159 cm³/mol. The molecular weight excluding hydrogens is 502 g/mol. The fourth-order valence-corrected chi connectivity index (χ4v) is 5.56. The minimum Gasteiger partial charge on any atom is -0.491 e. The number of primary amides is 1. The first-order valence-corrected chi connectivity index (χ1v) is 14.2. The molecule has 0 bridgehead atoms. The second-order valence-corrected chi connectivity index (χ2v) is 10.7. The van der Waals surface area contributed by atoms with Crippen LogP contribution < -0.4 is 15.4 Å². The number of ether oxygens (including phenoxy) is 2. The maximum absolute atomic E-state index is 12.0. The van der Waals surface area contributed by atoms with Gasteiger partial charge in [0.25, 0.3) is 5.91 Å². The number of aromatic nitrogens is 2. The number of nitrogens with two attached hydrogens (primary N) is 1. The van der Waals surface area contributed by atoms with E-state index in [2.05, 4.69) is 51.8 Å². The first-order valence-electron chi connectivity index (χ1n) is 14.2. The van der Waals surface area contributed by atoms with Gasteiger partial charge >= 0.3 is 0 Å². The van der Waals surface area contributed by atoms with Crippen molar-refractivity contribution in [3.05, 3.63) is 82.9 Å². The molecule has 0 aliphatic carbocycles. The van der Waals surface area contributed by atoms with Crippen LogP contribution in [0.15, 0.2) is 55.0 Å². The van der Waals surface area contributed by atoms with Gasteiger partial charge in [-0.15, -0.1) is 0 Å². The Morgan fingerprint density at radius 3 is 2.48 bits per heavy atom. The van der Waals surface area contributed by atoms with Crippen LogP contribution in [0.25, 0.3) is 0 Å². The molecule has 1 aliphatic rings. The second-order valence-electron chi connectivity index (χ2n) is 10.7. The Labute approximate surface area is 238 Å². The van der Waals surface area contributed by atoms with E-state index in [1.165, 1.54) is 16.8 Å². The van der Waals surface area contributed by atoms with Crippen LogP contribution in [0.5, 0.6) is 5.75 Å². The number of pyridine rings is 2. The van der Waals surface area contributed by atoms with Crippen molar-refractivity contribution >= 4 is 11.6 Å². The molecule has 1 aromatic carbocycles. The predicted octanol–water partition coefficient (Wildman–Crippen LogP) is 4.71. The Morgan fingerprint density at radius 2 is 1.80 bits per heavy atom. The van der Waals surface area contributed by atoms with Gasteiger partial charge in [0.2, 0.25) is 0 Å². The molecular formula is C32H43N5O3. The quantitative estimate of drug-likeness (QED) is 0.311. The SMILES string of the molecule is COCCOc1ccc(N(Cc2cnccc2C)C2CCN([C@H](C)CCc3nccc(C)c3C(N)=O)CC2)cc1. The molecule has 40 heavy (non-hydrogen) atoms. The highest BCUT2D eigenvalue weighted by Crippen LogP contribution is 2.29. The van der Waals surface area contributed by atoms with E-state index in [1.54, 1.807) is 13.3 Å². The third-order valence-electron chi connectivity index (χ3n) is 8.06. The van der Waals surface area contributed by atoms with Crippen molar-refractivity contribution in [2.24, 2.45) is 5.73 Å². The molecule has 8 heteroatoms. The molecule has 1 atom stereocenters. The summed E-state index contributed by atoms with van der Waals surface area (Å²) in [5.74, 6) is 0.456. The number of rotatable bonds is 13. The lowest BCUT2D eigenvalue weighted by atomic mass is 9.97. The molecule has 214 valence electrons. The van der Waals surface area contributed by atoms with E-state index in [0.717, 1.165) is 62.3 Å². The van der Waals surface area contributed by atoms with Crippen LogP contribution in [0, 0.1) is 13.8 Å². The van der Waals surface area contributed by atoms with Gasteiger partial charge < -0.3 is 25.0 Å². The highest BCUT2D eigenvalue weighted by molar-refractivity contribution is 5.95. The number of carbonyl (C=O) groups excluding carboxylic acids is 1. The standard InChI is InChI=1S/C32H43N5O3/c1-23-11-15-34-21-26(23)22-37(27-6-8-29(9-7-27)40-20-19-39-4)28-13-17-36(18-14-28)25(3)5-10-30-31(32(33)38)24(2)12-16-35-30/h6-9,11-12,15-16,21,25,28H,5,10,13-14,17-20,22H2,1-4H3,(H2,33,38)/t25-/m1/s1. The minimum absolute atomic E-state index is 0.390. The van der Waals surface area contributed by atoms with Crippen molar-refractivity contribution in [2.45, 2.75) is 65.1 Å². The molecule has 2 N–H and O–H groups in total. The summed E-state index contributed by atoms with van der Waals surface area (Å²) in [6.45, 7) is 10.3. The van der Waals surface area contributed by atoms with E-state index in [0.29, 0.717) is 30.9 Å². The van der Waals surface area contributed by atoms with Crippen LogP contribution in [0.1, 0.15) is 58.9 Å². The number of nitrogens with zero attached hydrogens (tertiary/aromatic N) is 4. The van der Waals surface area contributed by atoms with Crippen LogP contribution in [-0.2, 0) is 17.7 Å². The molecule has 4 rings (SSSR count). The first kappa shape index (κ1) is 29.5. The summed E-state index contributed by atoms with van der Waals surface area (Å²) >= 11 is 0. The molecule has 1 saturated heterocycles. The molecule has 0 saturated carbocycles. The monoisotopic (exact) mass is 545 g/mol. The third-order valence-corrected chi connectivity index (χ3v) is 8.06. The largest absolute Gasteiger partial charge is 0.491 e. The molecule has 3 heterocycles. The van der Waals surface area contributed by atoms with Crippen LogP contribution in [0.4, 0.5) is 5.69 Å². The Bertz CT molecular complexity index is 1240. The number of amides is 1. The van der Waals surface area contributed by atoms with Crippen molar-refractivity contribution < 1.29 is 14.3 Å². The third kappa shape index (κ3) is 7.58. The number of piperidine rings is 1. The van der Waals surface area contributed by atoms with Crippen LogP contribution >= 0.6 is 0 Å². The molecule has 0 spiro atoms. The number of methoxy groups -OCH3 is 1. The summed E-state index contributed by atoms with van der Waals surface area (Å²) < 4.78 is 10.9. The van der Waals surface area contributed by atoms with E-state index in [1.807, 2.05) is 37.5 Å². The highest BCUT2D eigenvalue weighted by Gasteiger charge is 2.28. The zero-order valence-corrected chi connectivity index (χ0v) is 24.3. The number of aryl methyl sites for hydroxylation is 3. The summed E-state index contributed by atoms with van der Waals surface area (Å²) in [5, 5.41) is 0. The second kappa shape index (κ2) is 14.2. The van der Waals surface area contributed by atoms with Gasteiger partial charge in [0.1, 0.15) is 12.4 Å². The van der Waals surface area contributed by atoms with E-state index < -0.39 is 5.91 Å². The Morgan fingerprint density at radius 1 is 1.07 bits per heavy atom. The lowest BCUT2D eigenvalue weighted by molar-refractivity contribution is 0.0998. The van der Waals surface area contributed by atoms with Crippen molar-refractivity contribution in [1.29, 1.82) is 0 Å². The number of likely N-dealkylation sites (tertiary alicyclic amines) is 1. The Hall–Kier alpha value is -3.49. The Balaban J connectivity index is 1.41. The maximum Gasteiger partial charge on any atom is 0.250 e. The zero-order valence-electron chi connectivity index (χ0n) is 24.3. The van der Waals surface area contributed by atoms with E-state index in [9.17, 15) is 4.79 Å². The molecule has 2 aromatic heterocycles. The van der Waals surface area contributed by atoms with E-state index in [-0.39, 0.29) is 0 Å². The van der Waals surface area contributed by atoms with Crippen LogP contribution in [0.3, 0.4) is 0 Å². The van der Waals surface area contributed by atoms with Crippen LogP contribution in [0.2, 0.25) is 0 Å². The van der Waals surface area contributed by atoms with Crippen molar-refractivity contribution in [3.8, 4) is 5.75 Å². The average Bonchev–Trinajstić information content (AvgIpc) is 2.96. The molecule has 8 nitrogen and oxygen atoms in total. The molecule has 1 amide bonds. The van der Waals surface area contributed by atoms with Crippen molar-refractivity contribution in [1.82, 2.24) is 14.9 Å². The van der Waals surface area contributed by atoms with Crippen LogP contribution in [-0.4, -0.2) is 66.3 Å². The summed E-state index contributed by atoms with van der Waals surface area (Å²) in [5.41, 5.74) is 11.6. The van der Waals surface area contributed by atoms with E-state index in [4.69, 9.17) is 15.2 Å². The van der Waals surface area contributed by atoms with Gasteiger partial charge in [-0.1, -0.05) is 0 Å². The molecule has 3 aromatic rings. The summed E-state index contributed by atoms with van der Waals surface area (Å²) in [6.07, 6.45) is 9.44. The first-order chi connectivity index (χ1) is 19.4. The van der Waals surface area contributed by atoms with Crippen molar-refractivity contribution in [3.63, 3.8) is 0 Å². The zero-order chi connectivity index (χ0) is 28.5. The molecule has 0 radical (unpaired) electrons. The fourth-order valence-electron chi connectivity index (χ4n) is 5.56. The Kier molecular flexibility index (Phi) is 10.5. The number of hydrogen-bond donors (Lipinski definition) is 1. The summed E-state index contributed by atoms with van der Waals surface area (Å²) in [6, 6.07) is 13.2. The molecule has 1 fully saturated rings. The molecule has 0 unspecified atom stereocenters. The van der Waals surface area contributed by atoms with Crippen molar-refractivity contribution in [2.75, 3.05) is 38.3 Å². The van der Waals surface area contributed by atoms with Gasteiger partial charge in [-0.05, 0) is 99.5 Å². The molecule has 1 aliphatic heterocycles. The summed E-state index contributed by atoms with van der Waals surface area (Å²) in [7, 11) is 1.68. The lowest BCUT2D eigenvalue weighted by Crippen LogP contribution is -2.47. The van der Waals surface area contributed by atoms with Gasteiger partial charge in [0, 0.05) is 63.1 Å². The minimum atomic E-state index is -0.396. The fraction of sp³-hybridized carbons (Fsp3) is 0.469. The maximum atomic E-state index is 12.0. The number of anilines is 1. The van der Waals surface area contributed by atoms with Gasteiger partial charge in [-0.2, -0.15) is 0 Å². The lowest BCUT2D eigenvalue weighted by Gasteiger charge is -2.42. The van der Waals surface area contributed by atoms with Gasteiger partial charge in [-0.3, -0.25) is 14.8 Å². The smallest absolute Gasteiger partial charge is 0.250 e. The van der Waals surface area contributed by atoms with Gasteiger partial charge in [0.05, 0.1) is 17.9 Å². The normalized spacial score (nSPS) is 15.1. The number of carbonyl (C=O) groups is 1. The van der Waals surface area contributed by atoms with E-state index >= 15 is 0 Å². The number of hydrogen-bond acceptors (Lipinski definition) is 7. The average molecular weight is 546 g/mol.